The SMILES string of the molecule is COC(=O)C1CCCCN1c1nc2ccccc2nc1N. The summed E-state index contributed by atoms with van der Waals surface area (Å²) in [6, 6.07) is 7.24. The van der Waals surface area contributed by atoms with Gasteiger partial charge in [0, 0.05) is 6.54 Å². The van der Waals surface area contributed by atoms with E-state index in [2.05, 4.69) is 9.97 Å². The van der Waals surface area contributed by atoms with Gasteiger partial charge in [0.2, 0.25) is 0 Å². The van der Waals surface area contributed by atoms with Gasteiger partial charge in [-0.05, 0) is 31.4 Å². The molecule has 0 saturated carbocycles. The molecule has 2 heterocycles. The highest BCUT2D eigenvalue weighted by molar-refractivity contribution is 5.84. The maximum Gasteiger partial charge on any atom is 0.328 e. The molecule has 1 aliphatic rings. The first-order chi connectivity index (χ1) is 10.2. The third-order valence-corrected chi connectivity index (χ3v) is 3.83. The van der Waals surface area contributed by atoms with Crippen LogP contribution in [0.4, 0.5) is 11.6 Å². The zero-order valence-electron chi connectivity index (χ0n) is 12.0. The van der Waals surface area contributed by atoms with Gasteiger partial charge in [0.25, 0.3) is 0 Å². The molecule has 1 atom stereocenters. The summed E-state index contributed by atoms with van der Waals surface area (Å²) in [6.07, 6.45) is 2.75. The largest absolute Gasteiger partial charge is 0.467 e. The van der Waals surface area contributed by atoms with Gasteiger partial charge in [-0.2, -0.15) is 0 Å². The minimum atomic E-state index is -0.332. The highest BCUT2D eigenvalue weighted by Gasteiger charge is 2.32. The topological polar surface area (TPSA) is 81.3 Å². The van der Waals surface area contributed by atoms with E-state index in [0.717, 1.165) is 36.8 Å². The second-order valence-electron chi connectivity index (χ2n) is 5.15. The van der Waals surface area contributed by atoms with Crippen molar-refractivity contribution in [1.29, 1.82) is 0 Å². The molecule has 0 amide bonds. The molecule has 1 unspecified atom stereocenters. The maximum atomic E-state index is 12.0. The lowest BCUT2D eigenvalue weighted by molar-refractivity contribution is -0.142. The van der Waals surface area contributed by atoms with Crippen LogP contribution in [0.25, 0.3) is 11.0 Å². The van der Waals surface area contributed by atoms with Crippen LogP contribution in [0.5, 0.6) is 0 Å². The number of nitrogens with two attached hydrogens (primary N) is 1. The third-order valence-electron chi connectivity index (χ3n) is 3.83. The van der Waals surface area contributed by atoms with Gasteiger partial charge in [0.05, 0.1) is 18.1 Å². The minimum Gasteiger partial charge on any atom is -0.467 e. The Morgan fingerprint density at radius 2 is 2.00 bits per heavy atom. The molecule has 1 fully saturated rings. The standard InChI is InChI=1S/C15H18N4O2/c1-21-15(20)12-8-4-5-9-19(12)14-13(16)17-10-6-2-3-7-11(10)18-14/h2-3,6-7,12H,4-5,8-9H2,1H3,(H2,16,17). The third kappa shape index (κ3) is 2.49. The summed E-state index contributed by atoms with van der Waals surface area (Å²) in [6.45, 7) is 0.733. The fourth-order valence-corrected chi connectivity index (χ4v) is 2.78. The molecule has 0 radical (unpaired) electrons. The van der Waals surface area contributed by atoms with Gasteiger partial charge in [-0.15, -0.1) is 0 Å². The van der Waals surface area contributed by atoms with Crippen molar-refractivity contribution in [1.82, 2.24) is 9.97 Å². The summed E-state index contributed by atoms with van der Waals surface area (Å²) >= 11 is 0. The summed E-state index contributed by atoms with van der Waals surface area (Å²) in [5, 5.41) is 0. The molecule has 1 aromatic heterocycles. The Hall–Kier alpha value is -2.37. The van der Waals surface area contributed by atoms with E-state index in [0.29, 0.717) is 11.6 Å². The number of hydrogen-bond acceptors (Lipinski definition) is 6. The molecule has 0 spiro atoms. The van der Waals surface area contributed by atoms with Crippen molar-refractivity contribution in [2.24, 2.45) is 0 Å². The summed E-state index contributed by atoms with van der Waals surface area (Å²) in [5.74, 6) is 0.678. The van der Waals surface area contributed by atoms with Gasteiger partial charge >= 0.3 is 5.97 Å². The van der Waals surface area contributed by atoms with Crippen LogP contribution in [0, 0.1) is 0 Å². The number of nitrogen functional groups attached to an aromatic ring is 1. The molecule has 3 rings (SSSR count). The zero-order valence-corrected chi connectivity index (χ0v) is 12.0. The van der Waals surface area contributed by atoms with E-state index < -0.39 is 0 Å². The van der Waals surface area contributed by atoms with Gasteiger partial charge in [-0.25, -0.2) is 14.8 Å². The lowest BCUT2D eigenvalue weighted by Gasteiger charge is -2.35. The molecule has 1 aromatic carbocycles. The van der Waals surface area contributed by atoms with Crippen LogP contribution in [0.15, 0.2) is 24.3 Å². The Morgan fingerprint density at radius 3 is 2.71 bits per heavy atom. The number of hydrogen-bond donors (Lipinski definition) is 1. The van der Waals surface area contributed by atoms with Crippen molar-refractivity contribution in [2.75, 3.05) is 24.3 Å². The maximum absolute atomic E-state index is 12.0. The van der Waals surface area contributed by atoms with Crippen LogP contribution in [0.2, 0.25) is 0 Å². The molecule has 6 nitrogen and oxygen atoms in total. The van der Waals surface area contributed by atoms with Crippen LogP contribution >= 0.6 is 0 Å². The van der Waals surface area contributed by atoms with E-state index >= 15 is 0 Å². The van der Waals surface area contributed by atoms with Gasteiger partial charge in [0.15, 0.2) is 11.6 Å². The van der Waals surface area contributed by atoms with E-state index in [4.69, 9.17) is 10.5 Å². The average molecular weight is 286 g/mol. The van der Waals surface area contributed by atoms with Gasteiger partial charge < -0.3 is 15.4 Å². The number of ether oxygens (including phenoxy) is 1. The van der Waals surface area contributed by atoms with Gasteiger partial charge in [-0.3, -0.25) is 0 Å². The predicted octanol–water partition coefficient (Wildman–Crippen LogP) is 1.74. The van der Waals surface area contributed by atoms with Gasteiger partial charge in [-0.1, -0.05) is 12.1 Å². The summed E-state index contributed by atoms with van der Waals surface area (Å²) in [4.78, 5) is 22.9. The smallest absolute Gasteiger partial charge is 0.328 e. The monoisotopic (exact) mass is 286 g/mol. The molecular weight excluding hydrogens is 268 g/mol. The van der Waals surface area contributed by atoms with Crippen LogP contribution in [0.1, 0.15) is 19.3 Å². The van der Waals surface area contributed by atoms with E-state index in [1.807, 2.05) is 29.2 Å². The number of para-hydroxylation sites is 2. The number of nitrogens with zero attached hydrogens (tertiary/aromatic N) is 3. The lowest BCUT2D eigenvalue weighted by Crippen LogP contribution is -2.46. The van der Waals surface area contributed by atoms with E-state index in [-0.39, 0.29) is 12.0 Å². The Balaban J connectivity index is 2.04. The Kier molecular flexibility index (Phi) is 3.60. The van der Waals surface area contributed by atoms with Crippen LogP contribution in [-0.4, -0.2) is 35.6 Å². The number of aromatic nitrogens is 2. The highest BCUT2D eigenvalue weighted by atomic mass is 16.5. The second kappa shape index (κ2) is 5.55. The molecular formula is C15H18N4O2. The van der Waals surface area contributed by atoms with E-state index in [1.165, 1.54) is 7.11 Å². The number of rotatable bonds is 2. The Bertz CT molecular complexity index is 674. The number of carbonyl (C=O) groups is 1. The number of carbonyl (C=O) groups excluding carboxylic acids is 1. The van der Waals surface area contributed by atoms with Crippen LogP contribution < -0.4 is 10.6 Å². The van der Waals surface area contributed by atoms with Crippen molar-refractivity contribution in [3.63, 3.8) is 0 Å². The van der Waals surface area contributed by atoms with E-state index in [1.54, 1.807) is 0 Å². The molecule has 2 aromatic rings. The second-order valence-corrected chi connectivity index (χ2v) is 5.15. The number of fused-ring (bicyclic) bond motifs is 1. The number of anilines is 2. The average Bonchev–Trinajstić information content (AvgIpc) is 2.53. The van der Waals surface area contributed by atoms with Crippen molar-refractivity contribution < 1.29 is 9.53 Å². The molecule has 110 valence electrons. The van der Waals surface area contributed by atoms with Crippen LogP contribution in [-0.2, 0) is 9.53 Å². The quantitative estimate of drug-likeness (QED) is 0.847. The summed E-state index contributed by atoms with van der Waals surface area (Å²) in [5.41, 5.74) is 7.58. The van der Waals surface area contributed by atoms with Crippen LogP contribution in [0.3, 0.4) is 0 Å². The molecule has 21 heavy (non-hydrogen) atoms. The molecule has 0 bridgehead atoms. The molecule has 0 aliphatic carbocycles. The Morgan fingerprint density at radius 1 is 1.29 bits per heavy atom. The number of methoxy groups -OCH3 is 1. The first kappa shape index (κ1) is 13.6. The van der Waals surface area contributed by atoms with Gasteiger partial charge in [0.1, 0.15) is 6.04 Å². The first-order valence-electron chi connectivity index (χ1n) is 7.07. The fourth-order valence-electron chi connectivity index (χ4n) is 2.78. The highest BCUT2D eigenvalue weighted by Crippen LogP contribution is 2.29. The molecule has 2 N–H and O–H groups in total. The first-order valence-corrected chi connectivity index (χ1v) is 7.07. The lowest BCUT2D eigenvalue weighted by atomic mass is 10.0. The molecule has 1 aliphatic heterocycles. The summed E-state index contributed by atoms with van der Waals surface area (Å²) in [7, 11) is 1.41. The van der Waals surface area contributed by atoms with Crippen molar-refractivity contribution in [3.05, 3.63) is 24.3 Å². The minimum absolute atomic E-state index is 0.246. The molecule has 1 saturated heterocycles. The number of piperidine rings is 1. The Labute approximate surface area is 122 Å². The van der Waals surface area contributed by atoms with Crippen molar-refractivity contribution in [2.45, 2.75) is 25.3 Å². The summed E-state index contributed by atoms with van der Waals surface area (Å²) < 4.78 is 4.90. The fraction of sp³-hybridized carbons (Fsp3) is 0.400. The normalized spacial score (nSPS) is 18.7. The number of esters is 1. The molecule has 6 heteroatoms. The predicted molar refractivity (Wildman–Crippen MR) is 81.0 cm³/mol. The number of benzene rings is 1. The van der Waals surface area contributed by atoms with Crippen molar-refractivity contribution >= 4 is 28.6 Å². The van der Waals surface area contributed by atoms with Crippen molar-refractivity contribution in [3.8, 4) is 0 Å². The zero-order chi connectivity index (χ0) is 14.8. The van der Waals surface area contributed by atoms with E-state index in [9.17, 15) is 4.79 Å².